The molecule has 0 aromatic carbocycles. The van der Waals surface area contributed by atoms with Crippen LogP contribution in [0.4, 0.5) is 4.79 Å². The first-order valence-corrected chi connectivity index (χ1v) is 7.65. The van der Waals surface area contributed by atoms with Crippen molar-refractivity contribution in [1.29, 1.82) is 0 Å². The lowest BCUT2D eigenvalue weighted by molar-refractivity contribution is 0.205. The number of furan rings is 1. The Morgan fingerprint density at radius 3 is 2.67 bits per heavy atom. The maximum atomic E-state index is 11.0. The van der Waals surface area contributed by atoms with Crippen molar-refractivity contribution in [3.05, 3.63) is 40.1 Å². The Bertz CT molecular complexity index is 688. The van der Waals surface area contributed by atoms with E-state index in [1.165, 1.54) is 11.5 Å². The molecule has 2 rings (SSSR count). The van der Waals surface area contributed by atoms with Crippen LogP contribution in [-0.2, 0) is 18.4 Å². The van der Waals surface area contributed by atoms with Gasteiger partial charge in [-0.15, -0.1) is 0 Å². The Hall–Kier alpha value is -1.82. The molecular weight excluding hydrogens is 288 g/mol. The first-order valence-electron chi connectivity index (χ1n) is 6.87. The zero-order valence-electron chi connectivity index (χ0n) is 12.7. The Kier molecular flexibility index (Phi) is 4.37. The van der Waals surface area contributed by atoms with Gasteiger partial charge in [-0.1, -0.05) is 6.92 Å². The molecule has 1 amide bonds. The number of carbonyl (C=O) groups is 1. The van der Waals surface area contributed by atoms with Gasteiger partial charge in [-0.05, 0) is 50.9 Å². The minimum Gasteiger partial charge on any atom is -0.469 e. The number of carboxylic acid groups (broad SMARTS) is 1. The molecule has 0 aliphatic carbocycles. The summed E-state index contributed by atoms with van der Waals surface area (Å²) >= 11 is 1.40. The number of amides is 1. The zero-order chi connectivity index (χ0) is 15.6. The Balaban J connectivity index is 2.64. The number of hydrogen-bond donors (Lipinski definition) is 1. The molecule has 0 spiro atoms. The van der Waals surface area contributed by atoms with E-state index < -0.39 is 6.09 Å². The molecule has 0 aliphatic heterocycles. The Morgan fingerprint density at radius 2 is 2.19 bits per heavy atom. The van der Waals surface area contributed by atoms with Gasteiger partial charge in [0, 0.05) is 23.2 Å². The minimum atomic E-state index is -1.17. The van der Waals surface area contributed by atoms with E-state index in [0.717, 1.165) is 23.4 Å². The van der Waals surface area contributed by atoms with Crippen LogP contribution >= 0.6 is 11.5 Å². The SMILES string of the molecule is CCc1c(Cc2ccco2)c(=NC(=O)O)sn1C(C)(C)C. The average molecular weight is 308 g/mol. The van der Waals surface area contributed by atoms with Gasteiger partial charge in [-0.25, -0.2) is 4.79 Å². The average Bonchev–Trinajstić information content (AvgIpc) is 2.97. The molecule has 0 fully saturated rings. The number of aromatic nitrogens is 1. The van der Waals surface area contributed by atoms with E-state index in [1.807, 2.05) is 12.1 Å². The zero-order valence-corrected chi connectivity index (χ0v) is 13.5. The fraction of sp³-hybridized carbons (Fsp3) is 0.467. The predicted octanol–water partition coefficient (Wildman–Crippen LogP) is 3.63. The lowest BCUT2D eigenvalue weighted by Gasteiger charge is -2.23. The molecule has 5 nitrogen and oxygen atoms in total. The molecular formula is C15H20N2O3S. The topological polar surface area (TPSA) is 67.7 Å². The first kappa shape index (κ1) is 15.6. The van der Waals surface area contributed by atoms with E-state index in [-0.39, 0.29) is 5.54 Å². The quantitative estimate of drug-likeness (QED) is 0.941. The van der Waals surface area contributed by atoms with Crippen molar-refractivity contribution < 1.29 is 14.3 Å². The molecule has 6 heteroatoms. The molecule has 2 aromatic heterocycles. The van der Waals surface area contributed by atoms with Crippen LogP contribution in [0.1, 0.15) is 44.7 Å². The van der Waals surface area contributed by atoms with Crippen molar-refractivity contribution in [3.8, 4) is 0 Å². The third kappa shape index (κ3) is 3.44. The molecule has 0 saturated heterocycles. The van der Waals surface area contributed by atoms with E-state index in [1.54, 1.807) is 6.26 Å². The van der Waals surface area contributed by atoms with Gasteiger partial charge in [0.25, 0.3) is 0 Å². The number of hydrogen-bond acceptors (Lipinski definition) is 3. The highest BCUT2D eigenvalue weighted by Gasteiger charge is 2.22. The molecule has 0 unspecified atom stereocenters. The molecule has 0 aliphatic rings. The fourth-order valence-electron chi connectivity index (χ4n) is 2.28. The van der Waals surface area contributed by atoms with Gasteiger partial charge in [0.2, 0.25) is 0 Å². The van der Waals surface area contributed by atoms with Crippen molar-refractivity contribution in [2.75, 3.05) is 0 Å². The van der Waals surface area contributed by atoms with Gasteiger partial charge in [0.1, 0.15) is 10.4 Å². The second kappa shape index (κ2) is 5.89. The van der Waals surface area contributed by atoms with Crippen LogP contribution in [0, 0.1) is 0 Å². The third-order valence-electron chi connectivity index (χ3n) is 3.10. The highest BCUT2D eigenvalue weighted by atomic mass is 32.1. The summed E-state index contributed by atoms with van der Waals surface area (Å²) in [5.41, 5.74) is 1.94. The van der Waals surface area contributed by atoms with Crippen LogP contribution in [0.2, 0.25) is 0 Å². The highest BCUT2D eigenvalue weighted by Crippen LogP contribution is 2.24. The lowest BCUT2D eigenvalue weighted by Crippen LogP contribution is -2.21. The van der Waals surface area contributed by atoms with E-state index in [4.69, 9.17) is 9.52 Å². The second-order valence-corrected chi connectivity index (χ2v) is 6.73. The van der Waals surface area contributed by atoms with Crippen LogP contribution in [0.3, 0.4) is 0 Å². The second-order valence-electron chi connectivity index (χ2n) is 5.79. The largest absolute Gasteiger partial charge is 0.469 e. The number of rotatable bonds is 3. The molecule has 0 bridgehead atoms. The molecule has 2 heterocycles. The van der Waals surface area contributed by atoms with Crippen molar-refractivity contribution >= 4 is 17.6 Å². The van der Waals surface area contributed by atoms with Crippen LogP contribution < -0.4 is 4.67 Å². The summed E-state index contributed by atoms with van der Waals surface area (Å²) < 4.78 is 8.09. The Morgan fingerprint density at radius 1 is 1.48 bits per heavy atom. The summed E-state index contributed by atoms with van der Waals surface area (Å²) in [5, 5.41) is 9.00. The maximum absolute atomic E-state index is 11.0. The smallest absolute Gasteiger partial charge is 0.432 e. The fourth-order valence-corrected chi connectivity index (χ4v) is 3.50. The Labute approximate surface area is 127 Å². The van der Waals surface area contributed by atoms with Crippen molar-refractivity contribution in [3.63, 3.8) is 0 Å². The number of nitrogens with zero attached hydrogens (tertiary/aromatic N) is 2. The summed E-state index contributed by atoms with van der Waals surface area (Å²) in [7, 11) is 0. The van der Waals surface area contributed by atoms with Crippen molar-refractivity contribution in [1.82, 2.24) is 3.96 Å². The van der Waals surface area contributed by atoms with Gasteiger partial charge in [-0.2, -0.15) is 4.99 Å². The summed E-state index contributed by atoms with van der Waals surface area (Å²) in [6.07, 6.45) is 1.83. The molecule has 0 radical (unpaired) electrons. The lowest BCUT2D eigenvalue weighted by atomic mass is 10.1. The maximum Gasteiger partial charge on any atom is 0.432 e. The van der Waals surface area contributed by atoms with Crippen LogP contribution in [0.15, 0.2) is 27.8 Å². The molecule has 1 N–H and O–H groups in total. The molecule has 2 aromatic rings. The summed E-state index contributed by atoms with van der Waals surface area (Å²) in [5.74, 6) is 0.811. The van der Waals surface area contributed by atoms with Crippen LogP contribution in [-0.4, -0.2) is 15.2 Å². The van der Waals surface area contributed by atoms with E-state index >= 15 is 0 Å². The molecule has 0 atom stereocenters. The van der Waals surface area contributed by atoms with Gasteiger partial charge in [0.05, 0.1) is 6.26 Å². The van der Waals surface area contributed by atoms with Crippen LogP contribution in [0.25, 0.3) is 0 Å². The van der Waals surface area contributed by atoms with Crippen molar-refractivity contribution in [2.24, 2.45) is 4.99 Å². The predicted molar refractivity (Wildman–Crippen MR) is 81.8 cm³/mol. The summed E-state index contributed by atoms with van der Waals surface area (Å²) in [4.78, 5) is 14.7. The summed E-state index contributed by atoms with van der Waals surface area (Å²) in [6, 6.07) is 3.72. The molecule has 114 valence electrons. The van der Waals surface area contributed by atoms with E-state index in [9.17, 15) is 4.79 Å². The minimum absolute atomic E-state index is 0.111. The van der Waals surface area contributed by atoms with Crippen molar-refractivity contribution in [2.45, 2.75) is 46.1 Å². The molecule has 21 heavy (non-hydrogen) atoms. The summed E-state index contributed by atoms with van der Waals surface area (Å²) in [6.45, 7) is 8.37. The third-order valence-corrected chi connectivity index (χ3v) is 4.56. The highest BCUT2D eigenvalue weighted by molar-refractivity contribution is 7.04. The van der Waals surface area contributed by atoms with Gasteiger partial charge in [0.15, 0.2) is 0 Å². The normalized spacial score (nSPS) is 12.9. The monoisotopic (exact) mass is 308 g/mol. The van der Waals surface area contributed by atoms with Crippen LogP contribution in [0.5, 0.6) is 0 Å². The standard InChI is InChI=1S/C15H20N2O3S/c1-5-12-11(9-10-7-6-8-20-10)13(16-14(18)19)21-17(12)15(2,3)4/h6-8H,5,9H2,1-4H3,(H,18,19). The van der Waals surface area contributed by atoms with Gasteiger partial charge >= 0.3 is 6.09 Å². The van der Waals surface area contributed by atoms with E-state index in [2.05, 4.69) is 36.6 Å². The van der Waals surface area contributed by atoms with E-state index in [0.29, 0.717) is 11.1 Å². The van der Waals surface area contributed by atoms with Gasteiger partial charge in [-0.3, -0.25) is 3.96 Å². The molecule has 0 saturated carbocycles. The van der Waals surface area contributed by atoms with Gasteiger partial charge < -0.3 is 9.52 Å². The first-order chi connectivity index (χ1) is 9.82.